The highest BCUT2D eigenvalue weighted by atomic mass is 16.4. The second-order valence-electron chi connectivity index (χ2n) is 6.68. The number of carboxylic acid groups (broad SMARTS) is 1. The third-order valence-electron chi connectivity index (χ3n) is 4.46. The third-order valence-corrected chi connectivity index (χ3v) is 4.46. The smallest absolute Gasteiger partial charge is 0.307 e. The Labute approximate surface area is 122 Å². The number of carbonyl (C=O) groups is 2. The quantitative estimate of drug-likeness (QED) is 0.754. The molecule has 1 aliphatic rings. The molecule has 4 nitrogen and oxygen atoms in total. The minimum absolute atomic E-state index is 0.0652. The van der Waals surface area contributed by atoms with Gasteiger partial charge in [0.05, 0.1) is 11.8 Å². The number of hydrogen-bond donors (Lipinski definition) is 2. The molecule has 1 aliphatic carbocycles. The number of nitrogens with one attached hydrogen (secondary N) is 1. The van der Waals surface area contributed by atoms with Gasteiger partial charge in [0.25, 0.3) is 0 Å². The van der Waals surface area contributed by atoms with Gasteiger partial charge in [0.1, 0.15) is 0 Å². The minimum Gasteiger partial charge on any atom is -0.481 e. The SMILES string of the molecule is CCC1C[C@H](C(=O)NC(C)CCC(C)C)[C@H](C(=O)O)C1. The normalized spacial score (nSPS) is 27.6. The number of hydrogen-bond acceptors (Lipinski definition) is 2. The molecule has 0 heterocycles. The van der Waals surface area contributed by atoms with Gasteiger partial charge in [-0.1, -0.05) is 27.2 Å². The van der Waals surface area contributed by atoms with Crippen LogP contribution in [0.3, 0.4) is 0 Å². The van der Waals surface area contributed by atoms with Gasteiger partial charge in [-0.2, -0.15) is 0 Å². The van der Waals surface area contributed by atoms with E-state index in [9.17, 15) is 14.7 Å². The van der Waals surface area contributed by atoms with Crippen LogP contribution in [0.25, 0.3) is 0 Å². The summed E-state index contributed by atoms with van der Waals surface area (Å²) in [6.07, 6.45) is 4.34. The second-order valence-corrected chi connectivity index (χ2v) is 6.68. The van der Waals surface area contributed by atoms with Gasteiger partial charge in [0, 0.05) is 6.04 Å². The van der Waals surface area contributed by atoms with E-state index < -0.39 is 11.9 Å². The molecular weight excluding hydrogens is 254 g/mol. The zero-order chi connectivity index (χ0) is 15.3. The highest BCUT2D eigenvalue weighted by Gasteiger charge is 2.42. The summed E-state index contributed by atoms with van der Waals surface area (Å²) in [6, 6.07) is 0.125. The first-order valence-corrected chi connectivity index (χ1v) is 7.88. The lowest BCUT2D eigenvalue weighted by atomic mass is 9.94. The van der Waals surface area contributed by atoms with Crippen LogP contribution in [0, 0.1) is 23.7 Å². The van der Waals surface area contributed by atoms with Crippen molar-refractivity contribution in [2.45, 2.75) is 65.8 Å². The molecule has 0 aromatic rings. The molecule has 4 heteroatoms. The lowest BCUT2D eigenvalue weighted by molar-refractivity contribution is -0.146. The van der Waals surface area contributed by atoms with Crippen molar-refractivity contribution < 1.29 is 14.7 Å². The van der Waals surface area contributed by atoms with Gasteiger partial charge in [-0.05, 0) is 44.4 Å². The fourth-order valence-corrected chi connectivity index (χ4v) is 3.04. The summed E-state index contributed by atoms with van der Waals surface area (Å²) in [4.78, 5) is 23.6. The Kier molecular flexibility index (Phi) is 6.50. The molecule has 0 aromatic heterocycles. The Morgan fingerprint density at radius 1 is 1.15 bits per heavy atom. The minimum atomic E-state index is -0.823. The van der Waals surface area contributed by atoms with Crippen molar-refractivity contribution in [3.63, 3.8) is 0 Å². The number of aliphatic carboxylic acids is 1. The number of rotatable bonds is 7. The Morgan fingerprint density at radius 3 is 2.25 bits per heavy atom. The maximum Gasteiger partial charge on any atom is 0.307 e. The monoisotopic (exact) mass is 283 g/mol. The zero-order valence-electron chi connectivity index (χ0n) is 13.2. The van der Waals surface area contributed by atoms with Crippen molar-refractivity contribution in [3.8, 4) is 0 Å². The van der Waals surface area contributed by atoms with E-state index in [1.54, 1.807) is 0 Å². The fraction of sp³-hybridized carbons (Fsp3) is 0.875. The van der Waals surface area contributed by atoms with Crippen LogP contribution in [-0.4, -0.2) is 23.0 Å². The molecule has 20 heavy (non-hydrogen) atoms. The van der Waals surface area contributed by atoms with Gasteiger partial charge in [-0.3, -0.25) is 9.59 Å². The fourth-order valence-electron chi connectivity index (χ4n) is 3.04. The predicted molar refractivity (Wildman–Crippen MR) is 79.3 cm³/mol. The molecule has 0 aromatic carbocycles. The molecule has 0 aliphatic heterocycles. The third kappa shape index (κ3) is 4.80. The molecule has 4 atom stereocenters. The van der Waals surface area contributed by atoms with E-state index in [1.165, 1.54) is 0 Å². The van der Waals surface area contributed by atoms with Gasteiger partial charge in [-0.25, -0.2) is 0 Å². The Hall–Kier alpha value is -1.06. The molecule has 0 bridgehead atoms. The molecule has 1 amide bonds. The molecular formula is C16H29NO3. The summed E-state index contributed by atoms with van der Waals surface area (Å²) in [7, 11) is 0. The molecule has 0 spiro atoms. The average molecular weight is 283 g/mol. The van der Waals surface area contributed by atoms with E-state index in [2.05, 4.69) is 26.1 Å². The standard InChI is InChI=1S/C16H29NO3/c1-5-12-8-13(14(9-12)16(19)20)15(18)17-11(4)7-6-10(2)3/h10-14H,5-9H2,1-4H3,(H,17,18)(H,19,20)/t11?,12?,13-,14+/m0/s1. The molecule has 1 fully saturated rings. The molecule has 1 saturated carbocycles. The largest absolute Gasteiger partial charge is 0.481 e. The van der Waals surface area contributed by atoms with Crippen LogP contribution < -0.4 is 5.32 Å². The van der Waals surface area contributed by atoms with E-state index in [4.69, 9.17) is 0 Å². The topological polar surface area (TPSA) is 66.4 Å². The highest BCUT2D eigenvalue weighted by molar-refractivity contribution is 5.85. The first-order chi connectivity index (χ1) is 9.35. The predicted octanol–water partition coefficient (Wildman–Crippen LogP) is 3.06. The van der Waals surface area contributed by atoms with E-state index in [0.29, 0.717) is 18.3 Å². The Balaban J connectivity index is 2.54. The van der Waals surface area contributed by atoms with Crippen LogP contribution in [0.1, 0.15) is 59.8 Å². The molecule has 0 radical (unpaired) electrons. The van der Waals surface area contributed by atoms with E-state index in [-0.39, 0.29) is 17.9 Å². The van der Waals surface area contributed by atoms with Crippen molar-refractivity contribution in [1.82, 2.24) is 5.32 Å². The molecule has 0 saturated heterocycles. The summed E-state index contributed by atoms with van der Waals surface area (Å²) < 4.78 is 0. The van der Waals surface area contributed by atoms with Gasteiger partial charge < -0.3 is 10.4 Å². The number of carboxylic acids is 1. The molecule has 2 N–H and O–H groups in total. The van der Waals surface area contributed by atoms with Crippen molar-refractivity contribution >= 4 is 11.9 Å². The summed E-state index contributed by atoms with van der Waals surface area (Å²) in [5.41, 5.74) is 0. The highest BCUT2D eigenvalue weighted by Crippen LogP contribution is 2.38. The van der Waals surface area contributed by atoms with Gasteiger partial charge in [-0.15, -0.1) is 0 Å². The van der Waals surface area contributed by atoms with Crippen LogP contribution in [0.4, 0.5) is 0 Å². The van der Waals surface area contributed by atoms with Crippen LogP contribution >= 0.6 is 0 Å². The summed E-state index contributed by atoms with van der Waals surface area (Å²) in [5.74, 6) is -0.744. The molecule has 116 valence electrons. The van der Waals surface area contributed by atoms with Crippen molar-refractivity contribution in [2.75, 3.05) is 0 Å². The van der Waals surface area contributed by atoms with E-state index >= 15 is 0 Å². The van der Waals surface area contributed by atoms with Gasteiger partial charge in [0.15, 0.2) is 0 Å². The maximum absolute atomic E-state index is 12.3. The molecule has 1 rings (SSSR count). The van der Waals surface area contributed by atoms with Crippen molar-refractivity contribution in [2.24, 2.45) is 23.7 Å². The summed E-state index contributed by atoms with van der Waals surface area (Å²) >= 11 is 0. The average Bonchev–Trinajstić information content (AvgIpc) is 2.80. The summed E-state index contributed by atoms with van der Waals surface area (Å²) in [5, 5.41) is 12.3. The second kappa shape index (κ2) is 7.65. The van der Waals surface area contributed by atoms with E-state index in [1.807, 2.05) is 6.92 Å². The van der Waals surface area contributed by atoms with Crippen LogP contribution in [-0.2, 0) is 9.59 Å². The Bertz CT molecular complexity index is 341. The van der Waals surface area contributed by atoms with Crippen molar-refractivity contribution in [3.05, 3.63) is 0 Å². The van der Waals surface area contributed by atoms with Gasteiger partial charge >= 0.3 is 5.97 Å². The van der Waals surface area contributed by atoms with Crippen LogP contribution in [0.2, 0.25) is 0 Å². The van der Waals surface area contributed by atoms with Gasteiger partial charge in [0.2, 0.25) is 5.91 Å². The zero-order valence-corrected chi connectivity index (χ0v) is 13.2. The lowest BCUT2D eigenvalue weighted by Gasteiger charge is -2.20. The first kappa shape index (κ1) is 17.0. The number of amides is 1. The lowest BCUT2D eigenvalue weighted by Crippen LogP contribution is -2.40. The maximum atomic E-state index is 12.3. The van der Waals surface area contributed by atoms with E-state index in [0.717, 1.165) is 25.7 Å². The number of carbonyl (C=O) groups excluding carboxylic acids is 1. The van der Waals surface area contributed by atoms with Crippen LogP contribution in [0.5, 0.6) is 0 Å². The Morgan fingerprint density at radius 2 is 1.75 bits per heavy atom. The molecule has 2 unspecified atom stereocenters. The van der Waals surface area contributed by atoms with Crippen molar-refractivity contribution in [1.29, 1.82) is 0 Å². The first-order valence-electron chi connectivity index (χ1n) is 7.88. The summed E-state index contributed by atoms with van der Waals surface area (Å²) in [6.45, 7) is 8.40. The van der Waals surface area contributed by atoms with Crippen LogP contribution in [0.15, 0.2) is 0 Å².